The highest BCUT2D eigenvalue weighted by Crippen LogP contribution is 2.32. The third kappa shape index (κ3) is 3.28. The van der Waals surface area contributed by atoms with Crippen molar-refractivity contribution in [3.05, 3.63) is 28.3 Å². The van der Waals surface area contributed by atoms with Crippen LogP contribution in [0.1, 0.15) is 46.4 Å². The van der Waals surface area contributed by atoms with E-state index in [1.807, 2.05) is 33.9 Å². The van der Waals surface area contributed by atoms with E-state index in [1.165, 1.54) is 0 Å². The van der Waals surface area contributed by atoms with Crippen molar-refractivity contribution in [1.82, 2.24) is 29.4 Å². The lowest BCUT2D eigenvalue weighted by Crippen LogP contribution is -2.40. The van der Waals surface area contributed by atoms with Crippen molar-refractivity contribution in [3.63, 3.8) is 0 Å². The summed E-state index contributed by atoms with van der Waals surface area (Å²) in [5.74, 6) is 0.393. The van der Waals surface area contributed by atoms with Crippen molar-refractivity contribution >= 4 is 22.6 Å². The van der Waals surface area contributed by atoms with E-state index in [0.717, 1.165) is 11.3 Å². The fourth-order valence-electron chi connectivity index (χ4n) is 3.83. The highest BCUT2D eigenvalue weighted by molar-refractivity contribution is 5.97. The standard InChI is InChI=1S/C21H31N7O2/c1-11(2)12(3)28-10-13(17-16(19(28)29)18(22)24-23-17)14-9-15(27(8)25-14)21(4,5)20(30)26(6)7/h9-12H,1-8H3,(H3,22,23,24). The van der Waals surface area contributed by atoms with Gasteiger partial charge >= 0.3 is 0 Å². The number of aryl methyl sites for hydroxylation is 1. The molecule has 30 heavy (non-hydrogen) atoms. The molecule has 162 valence electrons. The predicted octanol–water partition coefficient (Wildman–Crippen LogP) is 2.29. The average molecular weight is 414 g/mol. The van der Waals surface area contributed by atoms with Crippen LogP contribution >= 0.6 is 0 Å². The molecule has 0 saturated carbocycles. The summed E-state index contributed by atoms with van der Waals surface area (Å²) < 4.78 is 3.41. The van der Waals surface area contributed by atoms with Crippen LogP contribution in [-0.2, 0) is 17.3 Å². The largest absolute Gasteiger partial charge is 0.382 e. The van der Waals surface area contributed by atoms with Gasteiger partial charge in [0.1, 0.15) is 5.39 Å². The first kappa shape index (κ1) is 21.6. The number of nitrogens with zero attached hydrogens (tertiary/aromatic N) is 5. The molecular weight excluding hydrogens is 382 g/mol. The van der Waals surface area contributed by atoms with Gasteiger partial charge in [0.15, 0.2) is 5.82 Å². The maximum atomic E-state index is 13.1. The number of amides is 1. The van der Waals surface area contributed by atoms with Crippen LogP contribution < -0.4 is 11.3 Å². The Morgan fingerprint density at radius 3 is 2.47 bits per heavy atom. The maximum absolute atomic E-state index is 13.1. The molecule has 0 bridgehead atoms. The Morgan fingerprint density at radius 1 is 1.27 bits per heavy atom. The lowest BCUT2D eigenvalue weighted by molar-refractivity contribution is -0.133. The van der Waals surface area contributed by atoms with E-state index in [2.05, 4.69) is 29.1 Å². The number of aromatic nitrogens is 5. The molecule has 3 N–H and O–H groups in total. The molecule has 0 fully saturated rings. The molecule has 0 saturated heterocycles. The van der Waals surface area contributed by atoms with Gasteiger partial charge in [-0.25, -0.2) is 0 Å². The maximum Gasteiger partial charge on any atom is 0.264 e. The minimum Gasteiger partial charge on any atom is -0.382 e. The van der Waals surface area contributed by atoms with E-state index in [9.17, 15) is 9.59 Å². The number of hydrogen-bond donors (Lipinski definition) is 2. The Balaban J connectivity index is 2.27. The number of nitrogens with one attached hydrogen (secondary N) is 1. The Labute approximate surface area is 175 Å². The third-order valence-corrected chi connectivity index (χ3v) is 5.92. The lowest BCUT2D eigenvalue weighted by atomic mass is 9.87. The van der Waals surface area contributed by atoms with E-state index in [0.29, 0.717) is 16.6 Å². The van der Waals surface area contributed by atoms with Gasteiger partial charge in [-0.05, 0) is 32.8 Å². The molecule has 0 spiro atoms. The summed E-state index contributed by atoms with van der Waals surface area (Å²) >= 11 is 0. The second kappa shape index (κ2) is 7.30. The topological polar surface area (TPSA) is 115 Å². The van der Waals surface area contributed by atoms with Gasteiger partial charge in [0.2, 0.25) is 5.91 Å². The summed E-state index contributed by atoms with van der Waals surface area (Å²) in [6.45, 7) is 9.88. The molecule has 1 amide bonds. The lowest BCUT2D eigenvalue weighted by Gasteiger charge is -2.27. The Bertz CT molecular complexity index is 1160. The van der Waals surface area contributed by atoms with E-state index in [4.69, 9.17) is 5.73 Å². The van der Waals surface area contributed by atoms with Crippen molar-refractivity contribution in [2.45, 2.75) is 46.1 Å². The van der Waals surface area contributed by atoms with Gasteiger partial charge in [-0.2, -0.15) is 10.2 Å². The van der Waals surface area contributed by atoms with Crippen molar-refractivity contribution < 1.29 is 4.79 Å². The molecule has 9 heteroatoms. The molecule has 0 aliphatic carbocycles. The predicted molar refractivity (Wildman–Crippen MR) is 118 cm³/mol. The molecule has 9 nitrogen and oxygen atoms in total. The van der Waals surface area contributed by atoms with E-state index >= 15 is 0 Å². The number of rotatable bonds is 5. The number of carbonyl (C=O) groups excluding carboxylic acids is 1. The van der Waals surface area contributed by atoms with E-state index in [1.54, 1.807) is 34.4 Å². The van der Waals surface area contributed by atoms with Crippen LogP contribution in [0.25, 0.3) is 22.2 Å². The van der Waals surface area contributed by atoms with Gasteiger partial charge in [0.25, 0.3) is 5.56 Å². The van der Waals surface area contributed by atoms with Gasteiger partial charge < -0.3 is 15.2 Å². The molecule has 0 radical (unpaired) electrons. The van der Waals surface area contributed by atoms with Gasteiger partial charge in [0.05, 0.1) is 22.3 Å². The summed E-state index contributed by atoms with van der Waals surface area (Å²) in [6, 6.07) is 1.85. The number of pyridine rings is 1. The minimum absolute atomic E-state index is 0.0219. The molecule has 3 aromatic heterocycles. The number of fused-ring (bicyclic) bond motifs is 1. The fourth-order valence-corrected chi connectivity index (χ4v) is 3.83. The number of likely N-dealkylation sites (N-methyl/N-ethyl adjacent to an activating group) is 1. The summed E-state index contributed by atoms with van der Waals surface area (Å²) in [6.07, 6.45) is 1.81. The number of nitrogen functional groups attached to an aromatic ring is 1. The molecule has 3 aromatic rings. The smallest absolute Gasteiger partial charge is 0.264 e. The Hall–Kier alpha value is -3.10. The molecule has 1 atom stereocenters. The van der Waals surface area contributed by atoms with Crippen LogP contribution in [0.2, 0.25) is 0 Å². The highest BCUT2D eigenvalue weighted by atomic mass is 16.2. The van der Waals surface area contributed by atoms with Crippen molar-refractivity contribution in [1.29, 1.82) is 0 Å². The highest BCUT2D eigenvalue weighted by Gasteiger charge is 2.35. The van der Waals surface area contributed by atoms with E-state index < -0.39 is 5.41 Å². The number of carbonyl (C=O) groups is 1. The van der Waals surface area contributed by atoms with Crippen LogP contribution in [-0.4, -0.2) is 49.4 Å². The second-order valence-corrected chi connectivity index (χ2v) is 8.96. The first-order valence-electron chi connectivity index (χ1n) is 10.0. The number of anilines is 1. The number of H-pyrrole nitrogens is 1. The molecule has 0 aliphatic heterocycles. The summed E-state index contributed by atoms with van der Waals surface area (Å²) in [5.41, 5.74) is 7.75. The monoisotopic (exact) mass is 413 g/mol. The van der Waals surface area contributed by atoms with Crippen molar-refractivity contribution in [2.75, 3.05) is 19.8 Å². The summed E-state index contributed by atoms with van der Waals surface area (Å²) in [7, 11) is 5.29. The number of aromatic amines is 1. The molecule has 3 heterocycles. The molecule has 3 rings (SSSR count). The van der Waals surface area contributed by atoms with Gasteiger partial charge in [-0.15, -0.1) is 0 Å². The molecular formula is C21H31N7O2. The first-order chi connectivity index (χ1) is 13.9. The van der Waals surface area contributed by atoms with Crippen LogP contribution in [0, 0.1) is 5.92 Å². The zero-order valence-corrected chi connectivity index (χ0v) is 18.9. The molecule has 0 aliphatic rings. The van der Waals surface area contributed by atoms with Crippen molar-refractivity contribution in [3.8, 4) is 11.3 Å². The normalized spacial score (nSPS) is 13.2. The SMILES string of the molecule is CC(C)C(C)n1cc(-c2cc(C(C)(C)C(=O)N(C)C)n(C)n2)c2[nH]nc(N)c2c1=O. The number of nitrogens with two attached hydrogens (primary N) is 1. The van der Waals surface area contributed by atoms with Gasteiger partial charge in [-0.3, -0.25) is 19.4 Å². The minimum atomic E-state index is -0.769. The Morgan fingerprint density at radius 2 is 1.90 bits per heavy atom. The summed E-state index contributed by atoms with van der Waals surface area (Å²) in [4.78, 5) is 27.4. The fraction of sp³-hybridized carbons (Fsp3) is 0.524. The molecule has 1 unspecified atom stereocenters. The number of hydrogen-bond acceptors (Lipinski definition) is 5. The first-order valence-corrected chi connectivity index (χ1v) is 10.0. The van der Waals surface area contributed by atoms with Gasteiger partial charge in [-0.1, -0.05) is 13.8 Å². The Kier molecular flexibility index (Phi) is 5.26. The average Bonchev–Trinajstić information content (AvgIpc) is 3.24. The quantitative estimate of drug-likeness (QED) is 0.666. The van der Waals surface area contributed by atoms with Crippen LogP contribution in [0.15, 0.2) is 17.1 Å². The summed E-state index contributed by atoms with van der Waals surface area (Å²) in [5, 5.41) is 12.0. The van der Waals surface area contributed by atoms with Crippen LogP contribution in [0.4, 0.5) is 5.82 Å². The van der Waals surface area contributed by atoms with E-state index in [-0.39, 0.29) is 29.2 Å². The second-order valence-electron chi connectivity index (χ2n) is 8.96. The molecule has 0 aromatic carbocycles. The van der Waals surface area contributed by atoms with Crippen molar-refractivity contribution in [2.24, 2.45) is 13.0 Å². The van der Waals surface area contributed by atoms with Crippen LogP contribution in [0.3, 0.4) is 0 Å². The zero-order valence-electron chi connectivity index (χ0n) is 18.9. The van der Waals surface area contributed by atoms with Gasteiger partial charge in [0, 0.05) is 38.9 Å². The van der Waals surface area contributed by atoms with Crippen LogP contribution in [0.5, 0.6) is 0 Å². The third-order valence-electron chi connectivity index (χ3n) is 5.92. The zero-order chi connectivity index (χ0) is 22.5.